The van der Waals surface area contributed by atoms with Crippen LogP contribution in [0.3, 0.4) is 0 Å². The summed E-state index contributed by atoms with van der Waals surface area (Å²) in [5.74, 6) is 0. The van der Waals surface area contributed by atoms with E-state index in [-0.39, 0.29) is 22.6 Å². The second-order valence-corrected chi connectivity index (χ2v) is 11.7. The number of rotatable bonds is 5. The molecule has 1 heterocycles. The van der Waals surface area contributed by atoms with Crippen LogP contribution in [0.15, 0.2) is 0 Å². The fraction of sp³-hybridized carbons (Fsp3) is 1.00. The topological polar surface area (TPSA) is 26.7 Å². The third kappa shape index (κ3) is 6.65. The number of hydrogen-bond acceptors (Lipinski definition) is 3. The highest BCUT2D eigenvalue weighted by atomic mass is 16.3. The summed E-state index contributed by atoms with van der Waals surface area (Å²) < 4.78 is 0. The smallest absolute Gasteiger partial charge is 0.112 e. The molecule has 0 radical (unpaired) electrons. The molecule has 0 spiro atoms. The number of hydrogen-bond donors (Lipinski definition) is 1. The van der Waals surface area contributed by atoms with Gasteiger partial charge in [-0.25, -0.2) is 0 Å². The van der Waals surface area contributed by atoms with E-state index in [4.69, 9.17) is 0 Å². The van der Waals surface area contributed by atoms with Crippen molar-refractivity contribution in [2.75, 3.05) is 26.2 Å². The van der Waals surface area contributed by atoms with Crippen LogP contribution in [0.2, 0.25) is 0 Å². The highest BCUT2D eigenvalue weighted by molar-refractivity contribution is 4.91. The van der Waals surface area contributed by atoms with E-state index in [1.165, 1.54) is 6.42 Å². The lowest BCUT2D eigenvalue weighted by Crippen LogP contribution is -2.59. The average Bonchev–Trinajstić information content (AvgIpc) is 2.32. The first-order chi connectivity index (χ1) is 10.5. The van der Waals surface area contributed by atoms with Gasteiger partial charge in [0.25, 0.3) is 0 Å². The van der Waals surface area contributed by atoms with Crippen LogP contribution in [-0.2, 0) is 0 Å². The molecule has 1 aliphatic heterocycles. The molecule has 3 heteroatoms. The number of aliphatic hydroxyl groups is 1. The quantitative estimate of drug-likeness (QED) is 0.792. The van der Waals surface area contributed by atoms with Crippen molar-refractivity contribution >= 4 is 0 Å². The molecule has 1 fully saturated rings. The standard InChI is InChI=1S/C21H44N2O/c1-18(2,3)15-20(7,8)17(24)22-11-13-23(14-12-22)21(9,10)16-19(4,5)6/h17,24H,11-16H2,1-10H3. The Hall–Kier alpha value is -0.120. The second kappa shape index (κ2) is 7.25. The van der Waals surface area contributed by atoms with E-state index >= 15 is 0 Å². The maximum absolute atomic E-state index is 10.9. The summed E-state index contributed by atoms with van der Waals surface area (Å²) >= 11 is 0. The lowest BCUT2D eigenvalue weighted by Gasteiger charge is -2.49. The minimum Gasteiger partial charge on any atom is -0.378 e. The van der Waals surface area contributed by atoms with Crippen LogP contribution in [0.1, 0.15) is 82.1 Å². The Morgan fingerprint density at radius 2 is 1.12 bits per heavy atom. The summed E-state index contributed by atoms with van der Waals surface area (Å²) in [6, 6.07) is 0. The average molecular weight is 341 g/mol. The molecule has 0 aromatic rings. The van der Waals surface area contributed by atoms with Crippen LogP contribution in [-0.4, -0.2) is 52.9 Å². The molecule has 0 aromatic heterocycles. The normalized spacial score (nSPS) is 21.1. The lowest BCUT2D eigenvalue weighted by atomic mass is 9.74. The zero-order valence-corrected chi connectivity index (χ0v) is 18.2. The van der Waals surface area contributed by atoms with E-state index in [9.17, 15) is 5.11 Å². The van der Waals surface area contributed by atoms with Gasteiger partial charge in [0.2, 0.25) is 0 Å². The molecule has 24 heavy (non-hydrogen) atoms. The molecule has 144 valence electrons. The van der Waals surface area contributed by atoms with Gasteiger partial charge in [0.05, 0.1) is 0 Å². The molecule has 0 amide bonds. The molecule has 0 aliphatic carbocycles. The zero-order chi connectivity index (χ0) is 19.0. The van der Waals surface area contributed by atoms with Gasteiger partial charge in [0.1, 0.15) is 6.23 Å². The summed E-state index contributed by atoms with van der Waals surface area (Å²) in [6.45, 7) is 26.9. The molecule has 3 nitrogen and oxygen atoms in total. The molecule has 1 N–H and O–H groups in total. The van der Waals surface area contributed by atoms with Crippen molar-refractivity contribution in [3.63, 3.8) is 0 Å². The van der Waals surface area contributed by atoms with Crippen molar-refractivity contribution in [3.05, 3.63) is 0 Å². The predicted molar refractivity (Wildman–Crippen MR) is 105 cm³/mol. The van der Waals surface area contributed by atoms with Gasteiger partial charge in [-0.1, -0.05) is 55.4 Å². The fourth-order valence-corrected chi connectivity index (χ4v) is 4.93. The van der Waals surface area contributed by atoms with Crippen LogP contribution in [0, 0.1) is 16.2 Å². The molecule has 1 atom stereocenters. The van der Waals surface area contributed by atoms with Crippen molar-refractivity contribution in [1.82, 2.24) is 9.80 Å². The van der Waals surface area contributed by atoms with E-state index in [0.717, 1.165) is 32.6 Å². The minimum atomic E-state index is -0.357. The number of nitrogens with zero attached hydrogens (tertiary/aromatic N) is 2. The van der Waals surface area contributed by atoms with Gasteiger partial charge < -0.3 is 5.11 Å². The van der Waals surface area contributed by atoms with E-state index < -0.39 is 0 Å². The second-order valence-electron chi connectivity index (χ2n) is 11.7. The molecule has 1 aliphatic rings. The van der Waals surface area contributed by atoms with Crippen molar-refractivity contribution in [2.45, 2.75) is 93.8 Å². The van der Waals surface area contributed by atoms with Crippen molar-refractivity contribution < 1.29 is 5.11 Å². The Kier molecular flexibility index (Phi) is 6.62. The van der Waals surface area contributed by atoms with E-state index in [1.807, 2.05) is 0 Å². The molecule has 0 saturated carbocycles. The van der Waals surface area contributed by atoms with Gasteiger partial charge in [-0.2, -0.15) is 0 Å². The molecule has 0 bridgehead atoms. The van der Waals surface area contributed by atoms with Crippen LogP contribution in [0.25, 0.3) is 0 Å². The first-order valence-electron chi connectivity index (χ1n) is 9.71. The molecule has 0 aromatic carbocycles. The van der Waals surface area contributed by atoms with Crippen molar-refractivity contribution in [2.24, 2.45) is 16.2 Å². The van der Waals surface area contributed by atoms with Gasteiger partial charge in [0, 0.05) is 37.1 Å². The molecular weight excluding hydrogens is 296 g/mol. The van der Waals surface area contributed by atoms with Crippen LogP contribution < -0.4 is 0 Å². The first-order valence-corrected chi connectivity index (χ1v) is 9.71. The van der Waals surface area contributed by atoms with Crippen molar-refractivity contribution in [1.29, 1.82) is 0 Å². The summed E-state index contributed by atoms with van der Waals surface area (Å²) in [4.78, 5) is 4.90. The highest BCUT2D eigenvalue weighted by Gasteiger charge is 2.39. The zero-order valence-electron chi connectivity index (χ0n) is 18.2. The Morgan fingerprint density at radius 3 is 1.50 bits per heavy atom. The fourth-order valence-electron chi connectivity index (χ4n) is 4.93. The number of piperazine rings is 1. The molecule has 1 rings (SSSR count). The summed E-state index contributed by atoms with van der Waals surface area (Å²) in [7, 11) is 0. The van der Waals surface area contributed by atoms with Gasteiger partial charge in [-0.05, 0) is 37.5 Å². The van der Waals surface area contributed by atoms with E-state index in [0.29, 0.717) is 5.41 Å². The Morgan fingerprint density at radius 1 is 0.708 bits per heavy atom. The Balaban J connectivity index is 2.65. The predicted octanol–water partition coefficient (Wildman–Crippen LogP) is 4.60. The molecular formula is C21H44N2O. The minimum absolute atomic E-state index is 0.0820. The van der Waals surface area contributed by atoms with E-state index in [1.54, 1.807) is 0 Å². The Bertz CT molecular complexity index is 393. The van der Waals surface area contributed by atoms with Gasteiger partial charge in [-0.3, -0.25) is 9.80 Å². The lowest BCUT2D eigenvalue weighted by molar-refractivity contribution is -0.114. The van der Waals surface area contributed by atoms with Gasteiger partial charge in [0.15, 0.2) is 0 Å². The monoisotopic (exact) mass is 340 g/mol. The highest BCUT2D eigenvalue weighted by Crippen LogP contribution is 2.38. The first kappa shape index (κ1) is 21.9. The van der Waals surface area contributed by atoms with Crippen LogP contribution >= 0.6 is 0 Å². The van der Waals surface area contributed by atoms with Crippen LogP contribution in [0.5, 0.6) is 0 Å². The number of aliphatic hydroxyl groups excluding tert-OH is 1. The van der Waals surface area contributed by atoms with Gasteiger partial charge >= 0.3 is 0 Å². The third-order valence-corrected chi connectivity index (χ3v) is 5.16. The van der Waals surface area contributed by atoms with Crippen LogP contribution in [0.4, 0.5) is 0 Å². The molecule has 1 unspecified atom stereocenters. The SMILES string of the molecule is CC(C)(C)CC(C)(C)C(O)N1CCN(C(C)(C)CC(C)(C)C)CC1. The largest absolute Gasteiger partial charge is 0.378 e. The molecule has 1 saturated heterocycles. The van der Waals surface area contributed by atoms with Gasteiger partial charge in [-0.15, -0.1) is 0 Å². The van der Waals surface area contributed by atoms with Crippen molar-refractivity contribution in [3.8, 4) is 0 Å². The maximum atomic E-state index is 10.9. The summed E-state index contributed by atoms with van der Waals surface area (Å²) in [5.41, 5.74) is 0.716. The summed E-state index contributed by atoms with van der Waals surface area (Å²) in [6.07, 6.45) is 1.86. The van der Waals surface area contributed by atoms with E-state index in [2.05, 4.69) is 79.0 Å². The maximum Gasteiger partial charge on any atom is 0.112 e. The third-order valence-electron chi connectivity index (χ3n) is 5.16. The summed E-state index contributed by atoms with van der Waals surface area (Å²) in [5, 5.41) is 10.9. The Labute approximate surface area is 151 Å².